The van der Waals surface area contributed by atoms with Gasteiger partial charge >= 0.3 is 0 Å². The molecule has 0 aromatic carbocycles. The maximum absolute atomic E-state index is 11.6. The molecule has 0 saturated heterocycles. The van der Waals surface area contributed by atoms with Crippen molar-refractivity contribution in [2.75, 3.05) is 6.54 Å². The SMILES string of the molecule is CCCCCCNC(=O)Cn1ncc(Cl)c(Cl)c1=O. The van der Waals surface area contributed by atoms with Gasteiger partial charge in [-0.05, 0) is 6.42 Å². The van der Waals surface area contributed by atoms with Crippen LogP contribution in [0.25, 0.3) is 0 Å². The Hall–Kier alpha value is -1.07. The Morgan fingerprint density at radius 3 is 2.79 bits per heavy atom. The average Bonchev–Trinajstić information content (AvgIpc) is 2.39. The number of carbonyl (C=O) groups is 1. The molecular formula is C12H17Cl2N3O2. The van der Waals surface area contributed by atoms with Crippen LogP contribution < -0.4 is 10.9 Å². The van der Waals surface area contributed by atoms with Crippen LogP contribution in [0.4, 0.5) is 0 Å². The van der Waals surface area contributed by atoms with Crippen LogP contribution >= 0.6 is 23.2 Å². The molecule has 0 atom stereocenters. The summed E-state index contributed by atoms with van der Waals surface area (Å²) >= 11 is 11.3. The number of nitrogens with one attached hydrogen (secondary N) is 1. The summed E-state index contributed by atoms with van der Waals surface area (Å²) in [5.74, 6) is -0.260. The standard InChI is InChI=1S/C12H17Cl2N3O2/c1-2-3-4-5-6-15-10(18)8-17-12(19)11(14)9(13)7-16-17/h7H,2-6,8H2,1H3,(H,15,18). The maximum atomic E-state index is 11.6. The number of rotatable bonds is 7. The molecule has 0 fully saturated rings. The molecule has 0 radical (unpaired) electrons. The molecule has 1 aromatic heterocycles. The molecule has 0 bridgehead atoms. The fourth-order valence-electron chi connectivity index (χ4n) is 1.53. The van der Waals surface area contributed by atoms with Crippen LogP contribution in [0.1, 0.15) is 32.6 Å². The third-order valence-electron chi connectivity index (χ3n) is 2.59. The van der Waals surface area contributed by atoms with Crippen LogP contribution in [0.5, 0.6) is 0 Å². The normalized spacial score (nSPS) is 10.5. The lowest BCUT2D eigenvalue weighted by atomic mass is 10.2. The van der Waals surface area contributed by atoms with Gasteiger partial charge in [-0.25, -0.2) is 4.68 Å². The summed E-state index contributed by atoms with van der Waals surface area (Å²) in [5, 5.41) is 6.47. The summed E-state index contributed by atoms with van der Waals surface area (Å²) in [5.41, 5.74) is -0.560. The van der Waals surface area contributed by atoms with E-state index in [1.165, 1.54) is 6.20 Å². The highest BCUT2D eigenvalue weighted by Gasteiger charge is 2.10. The summed E-state index contributed by atoms with van der Waals surface area (Å²) in [6.07, 6.45) is 5.57. The number of aromatic nitrogens is 2. The summed E-state index contributed by atoms with van der Waals surface area (Å²) in [6, 6.07) is 0. The molecule has 1 amide bonds. The molecular weight excluding hydrogens is 289 g/mol. The molecule has 1 aromatic rings. The lowest BCUT2D eigenvalue weighted by Crippen LogP contribution is -2.34. The average molecular weight is 306 g/mol. The van der Waals surface area contributed by atoms with Crippen LogP contribution in [0.15, 0.2) is 11.0 Å². The molecule has 1 rings (SSSR count). The monoisotopic (exact) mass is 305 g/mol. The Morgan fingerprint density at radius 2 is 2.11 bits per heavy atom. The van der Waals surface area contributed by atoms with Gasteiger partial charge in [0.05, 0.1) is 11.2 Å². The molecule has 0 spiro atoms. The smallest absolute Gasteiger partial charge is 0.287 e. The Morgan fingerprint density at radius 1 is 1.37 bits per heavy atom. The number of carbonyl (C=O) groups excluding carboxylic acids is 1. The topological polar surface area (TPSA) is 64.0 Å². The number of nitrogens with zero attached hydrogens (tertiary/aromatic N) is 2. The fraction of sp³-hybridized carbons (Fsp3) is 0.583. The van der Waals surface area contributed by atoms with E-state index in [0.29, 0.717) is 6.54 Å². The Labute approximate surface area is 121 Å². The van der Waals surface area contributed by atoms with Crippen molar-refractivity contribution in [1.29, 1.82) is 0 Å². The van der Waals surface area contributed by atoms with E-state index >= 15 is 0 Å². The molecule has 5 nitrogen and oxygen atoms in total. The Bertz CT molecular complexity index is 488. The highest BCUT2D eigenvalue weighted by atomic mass is 35.5. The van der Waals surface area contributed by atoms with Gasteiger partial charge in [0.25, 0.3) is 5.56 Å². The van der Waals surface area contributed by atoms with Crippen molar-refractivity contribution in [3.63, 3.8) is 0 Å². The molecule has 0 unspecified atom stereocenters. The van der Waals surface area contributed by atoms with Crippen molar-refractivity contribution in [2.45, 2.75) is 39.2 Å². The number of amides is 1. The molecule has 0 aliphatic rings. The second-order valence-electron chi connectivity index (χ2n) is 4.18. The summed E-state index contributed by atoms with van der Waals surface area (Å²) in [6.45, 7) is 2.58. The highest BCUT2D eigenvalue weighted by molar-refractivity contribution is 6.41. The molecule has 7 heteroatoms. The van der Waals surface area contributed by atoms with Gasteiger partial charge in [-0.3, -0.25) is 9.59 Å². The zero-order chi connectivity index (χ0) is 14.3. The van der Waals surface area contributed by atoms with Gasteiger partial charge in [0.15, 0.2) is 0 Å². The molecule has 0 aliphatic heterocycles. The second kappa shape index (κ2) is 8.17. The third kappa shape index (κ3) is 5.20. The largest absolute Gasteiger partial charge is 0.354 e. The van der Waals surface area contributed by atoms with Crippen molar-refractivity contribution in [3.05, 3.63) is 26.6 Å². The molecule has 106 valence electrons. The number of hydrogen-bond donors (Lipinski definition) is 1. The molecule has 0 saturated carbocycles. The van der Waals surface area contributed by atoms with Gasteiger partial charge in [0.1, 0.15) is 11.6 Å². The van der Waals surface area contributed by atoms with E-state index in [2.05, 4.69) is 17.3 Å². The number of hydrogen-bond acceptors (Lipinski definition) is 3. The predicted octanol–water partition coefficient (Wildman–Crippen LogP) is 2.25. The van der Waals surface area contributed by atoms with E-state index in [1.54, 1.807) is 0 Å². The van der Waals surface area contributed by atoms with Crippen LogP contribution in [-0.4, -0.2) is 22.2 Å². The highest BCUT2D eigenvalue weighted by Crippen LogP contribution is 2.14. The lowest BCUT2D eigenvalue weighted by molar-refractivity contribution is -0.121. The first-order valence-electron chi connectivity index (χ1n) is 6.24. The van der Waals surface area contributed by atoms with Gasteiger partial charge in [-0.1, -0.05) is 49.4 Å². The first-order valence-corrected chi connectivity index (χ1v) is 6.99. The molecule has 19 heavy (non-hydrogen) atoms. The van der Waals surface area contributed by atoms with E-state index in [9.17, 15) is 9.59 Å². The maximum Gasteiger partial charge on any atom is 0.287 e. The van der Waals surface area contributed by atoms with Gasteiger partial charge in [0, 0.05) is 6.54 Å². The van der Waals surface area contributed by atoms with E-state index < -0.39 is 5.56 Å². The summed E-state index contributed by atoms with van der Waals surface area (Å²) in [7, 11) is 0. The van der Waals surface area contributed by atoms with Crippen molar-refractivity contribution in [2.24, 2.45) is 0 Å². The van der Waals surface area contributed by atoms with Crippen LogP contribution in [0.2, 0.25) is 10.0 Å². The first-order chi connectivity index (χ1) is 9.06. The van der Waals surface area contributed by atoms with E-state index in [-0.39, 0.29) is 22.5 Å². The zero-order valence-electron chi connectivity index (χ0n) is 10.8. The van der Waals surface area contributed by atoms with Gasteiger partial charge in [0.2, 0.25) is 5.91 Å². The van der Waals surface area contributed by atoms with E-state index in [1.807, 2.05) is 0 Å². The molecule has 0 aliphatic carbocycles. The van der Waals surface area contributed by atoms with Gasteiger partial charge in [-0.2, -0.15) is 5.10 Å². The van der Waals surface area contributed by atoms with Crippen molar-refractivity contribution < 1.29 is 4.79 Å². The minimum Gasteiger partial charge on any atom is -0.354 e. The zero-order valence-corrected chi connectivity index (χ0v) is 12.3. The minimum absolute atomic E-state index is 0.0860. The first kappa shape index (κ1) is 16.0. The Kier molecular flexibility index (Phi) is 6.87. The fourth-order valence-corrected chi connectivity index (χ4v) is 1.80. The van der Waals surface area contributed by atoms with Gasteiger partial charge in [-0.15, -0.1) is 0 Å². The van der Waals surface area contributed by atoms with Crippen LogP contribution in [0, 0.1) is 0 Å². The third-order valence-corrected chi connectivity index (χ3v) is 3.34. The Balaban J connectivity index is 2.45. The summed E-state index contributed by atoms with van der Waals surface area (Å²) in [4.78, 5) is 23.3. The van der Waals surface area contributed by atoms with Crippen molar-refractivity contribution in [3.8, 4) is 0 Å². The summed E-state index contributed by atoms with van der Waals surface area (Å²) < 4.78 is 0.996. The lowest BCUT2D eigenvalue weighted by Gasteiger charge is -2.07. The van der Waals surface area contributed by atoms with Crippen molar-refractivity contribution >= 4 is 29.1 Å². The molecule has 1 heterocycles. The van der Waals surface area contributed by atoms with Gasteiger partial charge < -0.3 is 5.32 Å². The quantitative estimate of drug-likeness (QED) is 0.786. The number of unbranched alkanes of at least 4 members (excludes halogenated alkanes) is 3. The van der Waals surface area contributed by atoms with E-state index in [0.717, 1.165) is 30.4 Å². The molecule has 1 N–H and O–H groups in total. The van der Waals surface area contributed by atoms with E-state index in [4.69, 9.17) is 23.2 Å². The minimum atomic E-state index is -0.560. The van der Waals surface area contributed by atoms with Crippen LogP contribution in [-0.2, 0) is 11.3 Å². The van der Waals surface area contributed by atoms with Crippen LogP contribution in [0.3, 0.4) is 0 Å². The number of halogens is 2. The predicted molar refractivity (Wildman–Crippen MR) is 75.7 cm³/mol. The second-order valence-corrected chi connectivity index (χ2v) is 4.97. The van der Waals surface area contributed by atoms with Crippen molar-refractivity contribution in [1.82, 2.24) is 15.1 Å².